The molecule has 0 spiro atoms. The molecule has 0 fully saturated rings. The predicted molar refractivity (Wildman–Crippen MR) is 94.0 cm³/mol. The van der Waals surface area contributed by atoms with Crippen LogP contribution in [0, 0.1) is 0 Å². The van der Waals surface area contributed by atoms with Gasteiger partial charge < -0.3 is 4.74 Å². The van der Waals surface area contributed by atoms with Gasteiger partial charge in [-0.3, -0.25) is 4.79 Å². The first-order valence-electron chi connectivity index (χ1n) is 7.76. The summed E-state index contributed by atoms with van der Waals surface area (Å²) in [5.41, 5.74) is 2.03. The average molecular weight is 314 g/mol. The standard InChI is InChI=1S/C19H23O2P/c1-3-22(4-2)18-12-10-16(11-13-18)14-19(20)21-15-17-8-6-5-7-9-17/h5-13H,3-4,14-15H2,1-2H3. The molecule has 0 amide bonds. The lowest BCUT2D eigenvalue weighted by Gasteiger charge is -2.13. The summed E-state index contributed by atoms with van der Waals surface area (Å²) in [6.45, 7) is 4.82. The highest BCUT2D eigenvalue weighted by Crippen LogP contribution is 2.32. The summed E-state index contributed by atoms with van der Waals surface area (Å²) in [5.74, 6) is -0.176. The summed E-state index contributed by atoms with van der Waals surface area (Å²) in [6.07, 6.45) is 2.76. The van der Waals surface area contributed by atoms with E-state index in [0.717, 1.165) is 11.1 Å². The van der Waals surface area contributed by atoms with Crippen molar-refractivity contribution in [2.24, 2.45) is 0 Å². The zero-order valence-electron chi connectivity index (χ0n) is 13.3. The van der Waals surface area contributed by atoms with Gasteiger partial charge in [0, 0.05) is 0 Å². The van der Waals surface area contributed by atoms with Gasteiger partial charge >= 0.3 is 5.97 Å². The van der Waals surface area contributed by atoms with Crippen molar-refractivity contribution in [3.63, 3.8) is 0 Å². The van der Waals surface area contributed by atoms with Crippen LogP contribution < -0.4 is 5.30 Å². The highest BCUT2D eigenvalue weighted by Gasteiger charge is 2.08. The van der Waals surface area contributed by atoms with Crippen molar-refractivity contribution < 1.29 is 9.53 Å². The van der Waals surface area contributed by atoms with Crippen molar-refractivity contribution >= 4 is 19.2 Å². The molecule has 2 aromatic rings. The Morgan fingerprint density at radius 3 is 2.14 bits per heavy atom. The number of hydrogen-bond acceptors (Lipinski definition) is 2. The van der Waals surface area contributed by atoms with Crippen LogP contribution in [0.15, 0.2) is 54.6 Å². The molecule has 2 aromatic carbocycles. The molecule has 116 valence electrons. The highest BCUT2D eigenvalue weighted by molar-refractivity contribution is 7.65. The molecule has 0 unspecified atom stereocenters. The van der Waals surface area contributed by atoms with Gasteiger partial charge in [-0.15, -0.1) is 0 Å². The number of rotatable bonds is 7. The molecule has 3 heteroatoms. The first-order valence-corrected chi connectivity index (χ1v) is 9.47. The molecule has 0 aromatic heterocycles. The molecule has 0 aliphatic carbocycles. The Morgan fingerprint density at radius 2 is 1.55 bits per heavy atom. The van der Waals surface area contributed by atoms with Crippen LogP contribution in [-0.2, 0) is 22.6 Å². The van der Waals surface area contributed by atoms with E-state index in [-0.39, 0.29) is 13.9 Å². The van der Waals surface area contributed by atoms with E-state index in [1.54, 1.807) is 0 Å². The third-order valence-corrected chi connectivity index (χ3v) is 6.21. The van der Waals surface area contributed by atoms with Gasteiger partial charge in [-0.05, 0) is 28.8 Å². The van der Waals surface area contributed by atoms with Crippen LogP contribution in [0.2, 0.25) is 0 Å². The van der Waals surface area contributed by atoms with Crippen LogP contribution in [0.3, 0.4) is 0 Å². The molecule has 2 rings (SSSR count). The molecular formula is C19H23O2P. The average Bonchev–Trinajstić information content (AvgIpc) is 2.56. The van der Waals surface area contributed by atoms with E-state index in [0.29, 0.717) is 13.0 Å². The Bertz CT molecular complexity index is 574. The molecule has 0 radical (unpaired) electrons. The maximum atomic E-state index is 11.9. The van der Waals surface area contributed by atoms with Crippen molar-refractivity contribution in [3.8, 4) is 0 Å². The van der Waals surface area contributed by atoms with Gasteiger partial charge in [0.2, 0.25) is 0 Å². The van der Waals surface area contributed by atoms with E-state index in [2.05, 4.69) is 38.1 Å². The van der Waals surface area contributed by atoms with E-state index in [4.69, 9.17) is 4.74 Å². The van der Waals surface area contributed by atoms with E-state index in [1.165, 1.54) is 17.6 Å². The Hall–Kier alpha value is -1.66. The zero-order valence-corrected chi connectivity index (χ0v) is 14.2. The second-order valence-corrected chi connectivity index (χ2v) is 8.02. The Labute approximate surface area is 134 Å². The third kappa shape index (κ3) is 4.96. The monoisotopic (exact) mass is 314 g/mol. The fraction of sp³-hybridized carbons (Fsp3) is 0.316. The van der Waals surface area contributed by atoms with Crippen LogP contribution in [0.25, 0.3) is 0 Å². The zero-order chi connectivity index (χ0) is 15.8. The number of carbonyl (C=O) groups is 1. The van der Waals surface area contributed by atoms with Crippen molar-refractivity contribution in [1.29, 1.82) is 0 Å². The van der Waals surface area contributed by atoms with Crippen molar-refractivity contribution in [2.45, 2.75) is 26.9 Å². The molecule has 0 atom stereocenters. The lowest BCUT2D eigenvalue weighted by atomic mass is 10.1. The van der Waals surface area contributed by atoms with Gasteiger partial charge in [-0.1, -0.05) is 76.4 Å². The van der Waals surface area contributed by atoms with Crippen LogP contribution >= 0.6 is 7.92 Å². The second kappa shape index (κ2) is 8.70. The molecule has 0 aliphatic rings. The minimum atomic E-state index is -0.176. The number of carbonyl (C=O) groups excluding carboxylic acids is 1. The normalized spacial score (nSPS) is 10.7. The topological polar surface area (TPSA) is 26.3 Å². The maximum absolute atomic E-state index is 11.9. The largest absolute Gasteiger partial charge is 0.461 e. The molecule has 0 saturated heterocycles. The lowest BCUT2D eigenvalue weighted by molar-refractivity contribution is -0.144. The minimum Gasteiger partial charge on any atom is -0.461 e. The molecular weight excluding hydrogens is 291 g/mol. The van der Waals surface area contributed by atoms with Gasteiger partial charge in [0.1, 0.15) is 6.61 Å². The molecule has 0 bridgehead atoms. The fourth-order valence-electron chi connectivity index (χ4n) is 2.37. The van der Waals surface area contributed by atoms with Crippen molar-refractivity contribution in [1.82, 2.24) is 0 Å². The van der Waals surface area contributed by atoms with Gasteiger partial charge in [-0.2, -0.15) is 0 Å². The summed E-state index contributed by atoms with van der Waals surface area (Å²) >= 11 is 0. The first kappa shape index (κ1) is 16.7. The smallest absolute Gasteiger partial charge is 0.310 e. The van der Waals surface area contributed by atoms with Gasteiger partial charge in [0.15, 0.2) is 0 Å². The lowest BCUT2D eigenvalue weighted by Crippen LogP contribution is -2.09. The van der Waals surface area contributed by atoms with E-state index >= 15 is 0 Å². The highest BCUT2D eigenvalue weighted by atomic mass is 31.1. The first-order chi connectivity index (χ1) is 10.7. The van der Waals surface area contributed by atoms with Gasteiger partial charge in [-0.25, -0.2) is 0 Å². The molecule has 22 heavy (non-hydrogen) atoms. The van der Waals surface area contributed by atoms with Crippen molar-refractivity contribution in [2.75, 3.05) is 12.3 Å². The summed E-state index contributed by atoms with van der Waals surface area (Å²) in [5, 5.41) is 1.42. The maximum Gasteiger partial charge on any atom is 0.310 e. The number of ether oxygens (including phenoxy) is 1. The third-order valence-electron chi connectivity index (χ3n) is 3.66. The summed E-state index contributed by atoms with van der Waals surface area (Å²) in [4.78, 5) is 11.9. The predicted octanol–water partition coefficient (Wildman–Crippen LogP) is 4.12. The molecule has 2 nitrogen and oxygen atoms in total. The number of benzene rings is 2. The van der Waals surface area contributed by atoms with Crippen LogP contribution in [0.5, 0.6) is 0 Å². The van der Waals surface area contributed by atoms with E-state index in [1.807, 2.05) is 30.3 Å². The molecule has 0 N–H and O–H groups in total. The molecule has 0 heterocycles. The quantitative estimate of drug-likeness (QED) is 0.567. The van der Waals surface area contributed by atoms with Crippen LogP contribution in [0.4, 0.5) is 0 Å². The van der Waals surface area contributed by atoms with Crippen LogP contribution in [0.1, 0.15) is 25.0 Å². The Balaban J connectivity index is 1.86. The fourth-order valence-corrected chi connectivity index (χ4v) is 4.12. The summed E-state index contributed by atoms with van der Waals surface area (Å²) in [7, 11) is -0.0373. The van der Waals surface area contributed by atoms with Crippen LogP contribution in [-0.4, -0.2) is 18.3 Å². The van der Waals surface area contributed by atoms with Gasteiger partial charge in [0.05, 0.1) is 6.42 Å². The molecule has 0 saturated carbocycles. The van der Waals surface area contributed by atoms with Crippen molar-refractivity contribution in [3.05, 3.63) is 65.7 Å². The summed E-state index contributed by atoms with van der Waals surface area (Å²) < 4.78 is 5.32. The SMILES string of the molecule is CCP(CC)c1ccc(CC(=O)OCc2ccccc2)cc1. The second-order valence-electron chi connectivity index (χ2n) is 5.16. The van der Waals surface area contributed by atoms with Gasteiger partial charge in [0.25, 0.3) is 0 Å². The van der Waals surface area contributed by atoms with E-state index < -0.39 is 0 Å². The Morgan fingerprint density at radius 1 is 0.909 bits per heavy atom. The minimum absolute atomic E-state index is 0.0373. The summed E-state index contributed by atoms with van der Waals surface area (Å²) in [6, 6.07) is 18.2. The number of esters is 1. The molecule has 0 aliphatic heterocycles. The Kier molecular flexibility index (Phi) is 6.61. The number of hydrogen-bond donors (Lipinski definition) is 0. The van der Waals surface area contributed by atoms with E-state index in [9.17, 15) is 4.79 Å².